The monoisotopic (exact) mass is 398 g/mol. The summed E-state index contributed by atoms with van der Waals surface area (Å²) >= 11 is 0. The fourth-order valence-electron chi connectivity index (χ4n) is 3.47. The second-order valence-electron chi connectivity index (χ2n) is 6.77. The summed E-state index contributed by atoms with van der Waals surface area (Å²) in [5, 5.41) is 0. The maximum atomic E-state index is 12.6. The highest BCUT2D eigenvalue weighted by atomic mass is 32.2. The van der Waals surface area contributed by atoms with Crippen LogP contribution in [0.15, 0.2) is 24.3 Å². The van der Waals surface area contributed by atoms with Crippen LogP contribution in [0.5, 0.6) is 5.75 Å². The van der Waals surface area contributed by atoms with E-state index in [1.807, 2.05) is 0 Å². The molecule has 1 spiro atoms. The number of carbonyl (C=O) groups excluding carboxylic acids is 1. The van der Waals surface area contributed by atoms with E-state index in [4.69, 9.17) is 14.2 Å². The molecule has 2 fully saturated rings. The summed E-state index contributed by atoms with van der Waals surface area (Å²) < 4.78 is 42.1. The molecule has 0 saturated carbocycles. The van der Waals surface area contributed by atoms with Crippen LogP contribution in [0.3, 0.4) is 0 Å². The van der Waals surface area contributed by atoms with E-state index in [1.54, 1.807) is 36.3 Å². The normalized spacial score (nSPS) is 19.3. The minimum Gasteiger partial charge on any atom is -0.497 e. The van der Waals surface area contributed by atoms with Crippen molar-refractivity contribution in [1.82, 2.24) is 4.90 Å². The standard InChI is InChI=1S/C18H26N2O6S/c1-24-16-5-3-15(4-6-16)20(27(2,22)23)10-7-17(21)19-11-8-18(9-12-19)25-13-14-26-18/h3-6H,7-14H2,1-2H3. The third-order valence-electron chi connectivity index (χ3n) is 4.98. The lowest BCUT2D eigenvalue weighted by atomic mass is 10.0. The fraction of sp³-hybridized carbons (Fsp3) is 0.611. The molecule has 2 aliphatic heterocycles. The summed E-state index contributed by atoms with van der Waals surface area (Å²) in [5.41, 5.74) is 0.511. The number of benzene rings is 1. The molecule has 0 radical (unpaired) electrons. The van der Waals surface area contributed by atoms with Gasteiger partial charge in [0.1, 0.15) is 5.75 Å². The number of hydrogen-bond donors (Lipinski definition) is 0. The molecule has 1 aromatic carbocycles. The predicted octanol–water partition coefficient (Wildman–Crippen LogP) is 1.22. The topological polar surface area (TPSA) is 85.4 Å². The summed E-state index contributed by atoms with van der Waals surface area (Å²) in [4.78, 5) is 14.3. The third kappa shape index (κ3) is 4.72. The number of piperidine rings is 1. The zero-order valence-corrected chi connectivity index (χ0v) is 16.5. The molecule has 2 heterocycles. The number of nitrogens with zero attached hydrogens (tertiary/aromatic N) is 2. The van der Waals surface area contributed by atoms with Crippen molar-refractivity contribution >= 4 is 21.6 Å². The van der Waals surface area contributed by atoms with Gasteiger partial charge in [-0.25, -0.2) is 8.42 Å². The molecule has 0 unspecified atom stereocenters. The van der Waals surface area contributed by atoms with Gasteiger partial charge in [-0.05, 0) is 24.3 Å². The zero-order chi connectivity index (χ0) is 19.5. The first-order chi connectivity index (χ1) is 12.8. The SMILES string of the molecule is COc1ccc(N(CCC(=O)N2CCC3(CC2)OCCO3)S(C)(=O)=O)cc1. The number of anilines is 1. The maximum absolute atomic E-state index is 12.6. The van der Waals surface area contributed by atoms with Crippen LogP contribution in [0.1, 0.15) is 19.3 Å². The summed E-state index contributed by atoms with van der Waals surface area (Å²) in [5.74, 6) is 0.0467. The van der Waals surface area contributed by atoms with Gasteiger partial charge >= 0.3 is 0 Å². The van der Waals surface area contributed by atoms with Gasteiger partial charge in [0.2, 0.25) is 15.9 Å². The molecule has 0 aliphatic carbocycles. The van der Waals surface area contributed by atoms with Gasteiger partial charge in [0.05, 0.1) is 32.3 Å². The summed E-state index contributed by atoms with van der Waals surface area (Å²) in [7, 11) is -1.95. The second-order valence-corrected chi connectivity index (χ2v) is 8.68. The van der Waals surface area contributed by atoms with Crippen LogP contribution in [-0.4, -0.2) is 71.2 Å². The minimum absolute atomic E-state index is 0.0648. The average molecular weight is 398 g/mol. The highest BCUT2D eigenvalue weighted by Gasteiger charge is 2.40. The molecule has 27 heavy (non-hydrogen) atoms. The molecule has 3 rings (SSSR count). The van der Waals surface area contributed by atoms with Crippen molar-refractivity contribution in [3.8, 4) is 5.75 Å². The van der Waals surface area contributed by atoms with Gasteiger partial charge in [-0.3, -0.25) is 9.10 Å². The highest BCUT2D eigenvalue weighted by Crippen LogP contribution is 2.31. The molecule has 9 heteroatoms. The molecular weight excluding hydrogens is 372 g/mol. The Morgan fingerprint density at radius 1 is 1.19 bits per heavy atom. The van der Waals surface area contributed by atoms with Crippen molar-refractivity contribution in [2.24, 2.45) is 0 Å². The van der Waals surface area contributed by atoms with Gasteiger partial charge in [-0.2, -0.15) is 0 Å². The van der Waals surface area contributed by atoms with Gasteiger partial charge in [0, 0.05) is 38.9 Å². The average Bonchev–Trinajstić information content (AvgIpc) is 3.09. The van der Waals surface area contributed by atoms with Gasteiger partial charge in [-0.1, -0.05) is 0 Å². The minimum atomic E-state index is -3.50. The van der Waals surface area contributed by atoms with Crippen molar-refractivity contribution < 1.29 is 27.4 Å². The third-order valence-corrected chi connectivity index (χ3v) is 6.18. The molecule has 0 aromatic heterocycles. The number of sulfonamides is 1. The van der Waals surface area contributed by atoms with Gasteiger partial charge in [0.25, 0.3) is 0 Å². The lowest BCUT2D eigenvalue weighted by Crippen LogP contribution is -2.48. The maximum Gasteiger partial charge on any atom is 0.232 e. The molecule has 2 saturated heterocycles. The van der Waals surface area contributed by atoms with Crippen molar-refractivity contribution in [2.75, 3.05) is 50.5 Å². The Morgan fingerprint density at radius 3 is 2.30 bits per heavy atom. The molecule has 1 amide bonds. The fourth-order valence-corrected chi connectivity index (χ4v) is 4.40. The Bertz CT molecular complexity index is 749. The van der Waals surface area contributed by atoms with Gasteiger partial charge in [0.15, 0.2) is 5.79 Å². The summed E-state index contributed by atoms with van der Waals surface area (Å²) in [6, 6.07) is 6.73. The zero-order valence-electron chi connectivity index (χ0n) is 15.7. The number of rotatable bonds is 6. The van der Waals surface area contributed by atoms with Gasteiger partial charge in [-0.15, -0.1) is 0 Å². The van der Waals surface area contributed by atoms with E-state index >= 15 is 0 Å². The molecule has 8 nitrogen and oxygen atoms in total. The Morgan fingerprint density at radius 2 is 1.78 bits per heavy atom. The first-order valence-corrected chi connectivity index (χ1v) is 10.9. The van der Waals surface area contributed by atoms with Crippen LogP contribution in [0.4, 0.5) is 5.69 Å². The number of methoxy groups -OCH3 is 1. The van der Waals surface area contributed by atoms with Crippen LogP contribution in [-0.2, 0) is 24.3 Å². The van der Waals surface area contributed by atoms with Crippen LogP contribution < -0.4 is 9.04 Å². The van der Waals surface area contributed by atoms with E-state index < -0.39 is 15.8 Å². The molecule has 0 bridgehead atoms. The summed E-state index contributed by atoms with van der Waals surface area (Å²) in [6.07, 6.45) is 2.55. The second kappa shape index (κ2) is 8.04. The van der Waals surface area contributed by atoms with E-state index in [0.717, 1.165) is 6.26 Å². The molecule has 150 valence electrons. The number of likely N-dealkylation sites (tertiary alicyclic amines) is 1. The number of amides is 1. The van der Waals surface area contributed by atoms with E-state index in [2.05, 4.69) is 0 Å². The highest BCUT2D eigenvalue weighted by molar-refractivity contribution is 7.92. The quantitative estimate of drug-likeness (QED) is 0.716. The van der Waals surface area contributed by atoms with E-state index in [1.165, 1.54) is 4.31 Å². The van der Waals surface area contributed by atoms with E-state index in [-0.39, 0.29) is 18.9 Å². The molecule has 1 aromatic rings. The molecule has 2 aliphatic rings. The number of ether oxygens (including phenoxy) is 3. The van der Waals surface area contributed by atoms with Crippen LogP contribution in [0, 0.1) is 0 Å². The Balaban J connectivity index is 1.59. The van der Waals surface area contributed by atoms with E-state index in [0.29, 0.717) is 50.6 Å². The first kappa shape index (κ1) is 19.9. The van der Waals surface area contributed by atoms with Crippen molar-refractivity contribution in [3.05, 3.63) is 24.3 Å². The number of carbonyl (C=O) groups is 1. The van der Waals surface area contributed by atoms with Crippen molar-refractivity contribution in [3.63, 3.8) is 0 Å². The smallest absolute Gasteiger partial charge is 0.232 e. The Hall–Kier alpha value is -1.84. The van der Waals surface area contributed by atoms with E-state index in [9.17, 15) is 13.2 Å². The van der Waals surface area contributed by atoms with Crippen molar-refractivity contribution in [2.45, 2.75) is 25.0 Å². The molecular formula is C18H26N2O6S. The van der Waals surface area contributed by atoms with Crippen LogP contribution in [0.25, 0.3) is 0 Å². The van der Waals surface area contributed by atoms with Crippen LogP contribution >= 0.6 is 0 Å². The van der Waals surface area contributed by atoms with Gasteiger partial charge < -0.3 is 19.1 Å². The predicted molar refractivity (Wildman–Crippen MR) is 100 cm³/mol. The largest absolute Gasteiger partial charge is 0.497 e. The lowest BCUT2D eigenvalue weighted by Gasteiger charge is -2.37. The number of hydrogen-bond acceptors (Lipinski definition) is 6. The molecule has 0 N–H and O–H groups in total. The summed E-state index contributed by atoms with van der Waals surface area (Å²) in [6.45, 7) is 2.40. The Labute approximate surface area is 160 Å². The van der Waals surface area contributed by atoms with Crippen molar-refractivity contribution in [1.29, 1.82) is 0 Å². The van der Waals surface area contributed by atoms with Crippen LogP contribution in [0.2, 0.25) is 0 Å². The lowest BCUT2D eigenvalue weighted by molar-refractivity contribution is -0.187. The molecule has 0 atom stereocenters. The first-order valence-electron chi connectivity index (χ1n) is 9.00. The Kier molecular flexibility index (Phi) is 5.92.